The third-order valence-corrected chi connectivity index (χ3v) is 3.94. The van der Waals surface area contributed by atoms with Crippen LogP contribution >= 0.6 is 15.9 Å². The van der Waals surface area contributed by atoms with Gasteiger partial charge in [0.15, 0.2) is 0 Å². The van der Waals surface area contributed by atoms with Gasteiger partial charge >= 0.3 is 0 Å². The SMILES string of the molecule is Cc1nc(NCC2CCC(O)C2)ccc1Br. The standard InChI is InChI=1S/C12H17BrN2O/c1-8-11(13)4-5-12(15-8)14-7-9-2-3-10(16)6-9/h4-5,9-10,16H,2-3,6-7H2,1H3,(H,14,15). The number of rotatable bonds is 3. The third kappa shape index (κ3) is 2.95. The highest BCUT2D eigenvalue weighted by Gasteiger charge is 2.22. The first kappa shape index (κ1) is 11.9. The lowest BCUT2D eigenvalue weighted by Crippen LogP contribution is -2.13. The smallest absolute Gasteiger partial charge is 0.126 e. The van der Waals surface area contributed by atoms with Gasteiger partial charge in [0.05, 0.1) is 11.8 Å². The van der Waals surface area contributed by atoms with Gasteiger partial charge in [-0.05, 0) is 60.2 Å². The Kier molecular flexibility index (Phi) is 3.82. The van der Waals surface area contributed by atoms with E-state index in [0.717, 1.165) is 41.8 Å². The van der Waals surface area contributed by atoms with Crippen LogP contribution in [0.1, 0.15) is 25.0 Å². The van der Waals surface area contributed by atoms with E-state index in [1.165, 1.54) is 0 Å². The van der Waals surface area contributed by atoms with Crippen molar-refractivity contribution in [3.05, 3.63) is 22.3 Å². The fourth-order valence-corrected chi connectivity index (χ4v) is 2.35. The molecule has 4 heteroatoms. The zero-order valence-electron chi connectivity index (χ0n) is 9.41. The normalized spacial score (nSPS) is 24.7. The summed E-state index contributed by atoms with van der Waals surface area (Å²) in [4.78, 5) is 4.43. The van der Waals surface area contributed by atoms with Crippen molar-refractivity contribution >= 4 is 21.7 Å². The van der Waals surface area contributed by atoms with E-state index in [1.807, 2.05) is 19.1 Å². The lowest BCUT2D eigenvalue weighted by Gasteiger charge is -2.12. The second-order valence-corrected chi connectivity index (χ2v) is 5.33. The Morgan fingerprint density at radius 2 is 2.31 bits per heavy atom. The number of halogens is 1. The van der Waals surface area contributed by atoms with E-state index < -0.39 is 0 Å². The summed E-state index contributed by atoms with van der Waals surface area (Å²) in [7, 11) is 0. The molecule has 0 amide bonds. The number of hydrogen-bond donors (Lipinski definition) is 2. The van der Waals surface area contributed by atoms with Crippen LogP contribution in [0.3, 0.4) is 0 Å². The third-order valence-electron chi connectivity index (χ3n) is 3.11. The largest absolute Gasteiger partial charge is 0.393 e. The van der Waals surface area contributed by atoms with E-state index in [4.69, 9.17) is 0 Å². The van der Waals surface area contributed by atoms with E-state index in [0.29, 0.717) is 5.92 Å². The number of aromatic nitrogens is 1. The maximum atomic E-state index is 9.43. The van der Waals surface area contributed by atoms with E-state index in [1.54, 1.807) is 0 Å². The number of aliphatic hydroxyl groups excluding tert-OH is 1. The average Bonchev–Trinajstić information content (AvgIpc) is 2.66. The summed E-state index contributed by atoms with van der Waals surface area (Å²) < 4.78 is 1.04. The monoisotopic (exact) mass is 284 g/mol. The predicted octanol–water partition coefficient (Wildman–Crippen LogP) is 2.73. The lowest BCUT2D eigenvalue weighted by atomic mass is 10.1. The fraction of sp³-hybridized carbons (Fsp3) is 0.583. The Morgan fingerprint density at radius 1 is 1.50 bits per heavy atom. The second kappa shape index (κ2) is 5.15. The molecule has 1 fully saturated rings. The Hall–Kier alpha value is -0.610. The van der Waals surface area contributed by atoms with Crippen molar-refractivity contribution in [2.75, 3.05) is 11.9 Å². The number of aryl methyl sites for hydroxylation is 1. The molecule has 1 saturated carbocycles. The maximum absolute atomic E-state index is 9.43. The number of nitrogens with zero attached hydrogens (tertiary/aromatic N) is 1. The van der Waals surface area contributed by atoms with Gasteiger partial charge in [-0.25, -0.2) is 4.98 Å². The lowest BCUT2D eigenvalue weighted by molar-refractivity contribution is 0.178. The molecule has 1 heterocycles. The van der Waals surface area contributed by atoms with Crippen LogP contribution in [0, 0.1) is 12.8 Å². The van der Waals surface area contributed by atoms with Crippen LogP contribution in [0.25, 0.3) is 0 Å². The number of nitrogens with one attached hydrogen (secondary N) is 1. The van der Waals surface area contributed by atoms with Crippen molar-refractivity contribution < 1.29 is 5.11 Å². The zero-order valence-corrected chi connectivity index (χ0v) is 11.0. The van der Waals surface area contributed by atoms with Crippen LogP contribution in [0.4, 0.5) is 5.82 Å². The molecular weight excluding hydrogens is 268 g/mol. The quantitative estimate of drug-likeness (QED) is 0.897. The Bertz CT molecular complexity index is 370. The highest BCUT2D eigenvalue weighted by Crippen LogP contribution is 2.25. The zero-order chi connectivity index (χ0) is 11.5. The summed E-state index contributed by atoms with van der Waals surface area (Å²) in [6.45, 7) is 2.89. The Balaban J connectivity index is 1.87. The molecule has 16 heavy (non-hydrogen) atoms. The van der Waals surface area contributed by atoms with Crippen molar-refractivity contribution in [1.82, 2.24) is 4.98 Å². The molecule has 0 bridgehead atoms. The van der Waals surface area contributed by atoms with Crippen molar-refractivity contribution in [1.29, 1.82) is 0 Å². The van der Waals surface area contributed by atoms with Crippen LogP contribution in [0.2, 0.25) is 0 Å². The molecule has 2 unspecified atom stereocenters. The number of pyridine rings is 1. The van der Waals surface area contributed by atoms with Crippen LogP contribution in [-0.2, 0) is 0 Å². The molecule has 0 radical (unpaired) electrons. The van der Waals surface area contributed by atoms with Crippen LogP contribution in [0.5, 0.6) is 0 Å². The summed E-state index contributed by atoms with van der Waals surface area (Å²) in [6.07, 6.45) is 2.89. The average molecular weight is 285 g/mol. The molecule has 2 N–H and O–H groups in total. The summed E-state index contributed by atoms with van der Waals surface area (Å²) in [5.41, 5.74) is 0.997. The number of hydrogen-bond acceptors (Lipinski definition) is 3. The number of aliphatic hydroxyl groups is 1. The Morgan fingerprint density at radius 3 is 2.94 bits per heavy atom. The highest BCUT2D eigenvalue weighted by molar-refractivity contribution is 9.10. The van der Waals surface area contributed by atoms with Gasteiger partial charge in [-0.1, -0.05) is 0 Å². The first-order chi connectivity index (χ1) is 7.65. The summed E-state index contributed by atoms with van der Waals surface area (Å²) in [5.74, 6) is 1.50. The first-order valence-corrected chi connectivity index (χ1v) is 6.49. The first-order valence-electron chi connectivity index (χ1n) is 5.70. The van der Waals surface area contributed by atoms with Crippen molar-refractivity contribution in [2.45, 2.75) is 32.3 Å². The van der Waals surface area contributed by atoms with E-state index in [-0.39, 0.29) is 6.10 Å². The molecule has 0 aliphatic heterocycles. The predicted molar refractivity (Wildman–Crippen MR) is 68.5 cm³/mol. The molecule has 0 spiro atoms. The topological polar surface area (TPSA) is 45.2 Å². The molecule has 0 aromatic carbocycles. The van der Waals surface area contributed by atoms with Gasteiger partial charge in [0.1, 0.15) is 5.82 Å². The van der Waals surface area contributed by atoms with Crippen LogP contribution in [-0.4, -0.2) is 22.7 Å². The van der Waals surface area contributed by atoms with Gasteiger partial charge in [0.25, 0.3) is 0 Å². The van der Waals surface area contributed by atoms with Gasteiger partial charge in [-0.15, -0.1) is 0 Å². The van der Waals surface area contributed by atoms with Crippen LogP contribution in [0.15, 0.2) is 16.6 Å². The van der Waals surface area contributed by atoms with Gasteiger partial charge in [0, 0.05) is 11.0 Å². The second-order valence-electron chi connectivity index (χ2n) is 4.48. The fourth-order valence-electron chi connectivity index (χ4n) is 2.13. The molecule has 88 valence electrons. The van der Waals surface area contributed by atoms with E-state index in [2.05, 4.69) is 26.2 Å². The Labute approximate surface area is 104 Å². The maximum Gasteiger partial charge on any atom is 0.126 e. The van der Waals surface area contributed by atoms with Crippen molar-refractivity contribution in [3.8, 4) is 0 Å². The molecule has 1 aromatic rings. The molecule has 0 saturated heterocycles. The van der Waals surface area contributed by atoms with Gasteiger partial charge in [-0.3, -0.25) is 0 Å². The van der Waals surface area contributed by atoms with E-state index >= 15 is 0 Å². The van der Waals surface area contributed by atoms with E-state index in [9.17, 15) is 5.11 Å². The van der Waals surface area contributed by atoms with Crippen molar-refractivity contribution in [2.24, 2.45) is 5.92 Å². The summed E-state index contributed by atoms with van der Waals surface area (Å²) in [5, 5.41) is 12.8. The molecule has 1 aliphatic carbocycles. The molecule has 1 aliphatic rings. The molecule has 1 aromatic heterocycles. The number of anilines is 1. The molecule has 2 atom stereocenters. The van der Waals surface area contributed by atoms with Gasteiger partial charge in [0.2, 0.25) is 0 Å². The summed E-state index contributed by atoms with van der Waals surface area (Å²) in [6, 6.07) is 3.98. The minimum absolute atomic E-state index is 0.0913. The van der Waals surface area contributed by atoms with Gasteiger partial charge < -0.3 is 10.4 Å². The summed E-state index contributed by atoms with van der Waals surface area (Å²) >= 11 is 3.43. The van der Waals surface area contributed by atoms with Gasteiger partial charge in [-0.2, -0.15) is 0 Å². The minimum Gasteiger partial charge on any atom is -0.393 e. The highest BCUT2D eigenvalue weighted by atomic mass is 79.9. The molecular formula is C12H17BrN2O. The minimum atomic E-state index is -0.0913. The molecule has 2 rings (SSSR count). The van der Waals surface area contributed by atoms with Crippen LogP contribution < -0.4 is 5.32 Å². The van der Waals surface area contributed by atoms with Crippen molar-refractivity contribution in [3.63, 3.8) is 0 Å². The molecule has 3 nitrogen and oxygen atoms in total.